The van der Waals surface area contributed by atoms with E-state index in [0.717, 1.165) is 11.4 Å². The topological polar surface area (TPSA) is 64.4 Å². The van der Waals surface area contributed by atoms with E-state index in [9.17, 15) is 0 Å². The third-order valence-electron chi connectivity index (χ3n) is 3.05. The molecule has 8 heteroatoms. The van der Waals surface area contributed by atoms with E-state index in [1.807, 2.05) is 26.8 Å². The first-order valence-corrected chi connectivity index (χ1v) is 7.98. The van der Waals surface area contributed by atoms with Crippen LogP contribution < -0.4 is 9.47 Å². The number of nitrogens with zero attached hydrogens (tertiary/aromatic N) is 3. The lowest BCUT2D eigenvalue weighted by molar-refractivity contribution is 0.311. The molecule has 0 saturated carbocycles. The molecule has 1 N–H and O–H groups in total. The Morgan fingerprint density at radius 3 is 2.83 bits per heavy atom. The first kappa shape index (κ1) is 17.5. The SMILES string of the molecule is CCOc1cc(/C=N\n2c(C(C)C)n[nH]c2=S)cc(Cl)c1OC. The molecule has 0 unspecified atom stereocenters. The fourth-order valence-corrected chi connectivity index (χ4v) is 2.52. The van der Waals surface area contributed by atoms with Crippen LogP contribution in [0.25, 0.3) is 0 Å². The molecule has 0 fully saturated rings. The van der Waals surface area contributed by atoms with Crippen molar-refractivity contribution in [3.05, 3.63) is 33.3 Å². The van der Waals surface area contributed by atoms with Crippen LogP contribution in [0.4, 0.5) is 0 Å². The molecule has 0 saturated heterocycles. The number of aromatic amines is 1. The molecule has 1 aromatic carbocycles. The predicted octanol–water partition coefficient (Wildman–Crippen LogP) is 4.01. The Morgan fingerprint density at radius 1 is 1.48 bits per heavy atom. The van der Waals surface area contributed by atoms with Crippen molar-refractivity contribution in [3.63, 3.8) is 0 Å². The second kappa shape index (κ2) is 7.61. The standard InChI is InChI=1S/C15H19ClN4O2S/c1-5-22-12-7-10(6-11(16)13(12)21-4)8-17-20-14(9(2)3)18-19-15(20)23/h6-9H,5H2,1-4H3,(H,19,23)/b17-8-. The number of methoxy groups -OCH3 is 1. The number of aromatic nitrogens is 3. The van der Waals surface area contributed by atoms with Crippen molar-refractivity contribution in [2.24, 2.45) is 5.10 Å². The highest BCUT2D eigenvalue weighted by molar-refractivity contribution is 7.71. The van der Waals surface area contributed by atoms with E-state index in [2.05, 4.69) is 15.3 Å². The lowest BCUT2D eigenvalue weighted by atomic mass is 10.2. The van der Waals surface area contributed by atoms with Gasteiger partial charge in [0.15, 0.2) is 17.3 Å². The molecule has 2 aromatic rings. The van der Waals surface area contributed by atoms with Crippen LogP contribution in [0.5, 0.6) is 11.5 Å². The molecule has 6 nitrogen and oxygen atoms in total. The smallest absolute Gasteiger partial charge is 0.216 e. The van der Waals surface area contributed by atoms with E-state index in [1.165, 1.54) is 0 Å². The fraction of sp³-hybridized carbons (Fsp3) is 0.400. The van der Waals surface area contributed by atoms with Crippen molar-refractivity contribution in [2.75, 3.05) is 13.7 Å². The Hall–Kier alpha value is -1.86. The summed E-state index contributed by atoms with van der Waals surface area (Å²) in [6, 6.07) is 3.57. The number of hydrogen-bond donors (Lipinski definition) is 1. The van der Waals surface area contributed by atoms with Gasteiger partial charge in [-0.15, -0.1) is 0 Å². The summed E-state index contributed by atoms with van der Waals surface area (Å²) < 4.78 is 12.9. The van der Waals surface area contributed by atoms with Crippen LogP contribution in [0.1, 0.15) is 38.1 Å². The van der Waals surface area contributed by atoms with Crippen molar-refractivity contribution in [2.45, 2.75) is 26.7 Å². The number of benzene rings is 1. The molecule has 23 heavy (non-hydrogen) atoms. The number of ether oxygens (including phenoxy) is 2. The summed E-state index contributed by atoms with van der Waals surface area (Å²) in [6.45, 7) is 6.45. The average molecular weight is 355 g/mol. The van der Waals surface area contributed by atoms with E-state index < -0.39 is 0 Å². The maximum atomic E-state index is 6.23. The summed E-state index contributed by atoms with van der Waals surface area (Å²) in [5, 5.41) is 11.8. The van der Waals surface area contributed by atoms with E-state index in [-0.39, 0.29) is 5.92 Å². The van der Waals surface area contributed by atoms with Gasteiger partial charge in [-0.25, -0.2) is 0 Å². The van der Waals surface area contributed by atoms with Gasteiger partial charge in [-0.2, -0.15) is 14.9 Å². The second-order valence-electron chi connectivity index (χ2n) is 5.07. The number of hydrogen-bond acceptors (Lipinski definition) is 5. The lowest BCUT2D eigenvalue weighted by Crippen LogP contribution is -2.01. The van der Waals surface area contributed by atoms with Crippen molar-refractivity contribution >= 4 is 30.0 Å². The normalized spacial score (nSPS) is 11.4. The summed E-state index contributed by atoms with van der Waals surface area (Å²) in [4.78, 5) is 0. The molecule has 0 aliphatic carbocycles. The second-order valence-corrected chi connectivity index (χ2v) is 5.86. The molecule has 0 aliphatic heterocycles. The molecule has 0 aliphatic rings. The minimum absolute atomic E-state index is 0.193. The van der Waals surface area contributed by atoms with Gasteiger partial charge in [0.2, 0.25) is 4.77 Å². The predicted molar refractivity (Wildman–Crippen MR) is 93.7 cm³/mol. The maximum Gasteiger partial charge on any atom is 0.216 e. The van der Waals surface area contributed by atoms with Gasteiger partial charge in [0.25, 0.3) is 0 Å². The third-order valence-corrected chi connectivity index (χ3v) is 3.59. The Morgan fingerprint density at radius 2 is 2.22 bits per heavy atom. The molecular formula is C15H19ClN4O2S. The summed E-state index contributed by atoms with van der Waals surface area (Å²) in [6.07, 6.45) is 1.66. The van der Waals surface area contributed by atoms with Crippen molar-refractivity contribution in [1.82, 2.24) is 14.9 Å². The molecular weight excluding hydrogens is 336 g/mol. The van der Waals surface area contributed by atoms with Gasteiger partial charge in [-0.05, 0) is 36.8 Å². The average Bonchev–Trinajstić information content (AvgIpc) is 2.86. The molecule has 124 valence electrons. The summed E-state index contributed by atoms with van der Waals surface area (Å²) >= 11 is 11.4. The zero-order chi connectivity index (χ0) is 17.0. The molecule has 0 atom stereocenters. The molecule has 1 heterocycles. The van der Waals surface area contributed by atoms with Gasteiger partial charge in [0.05, 0.1) is 25.0 Å². The van der Waals surface area contributed by atoms with Crippen LogP contribution >= 0.6 is 23.8 Å². The van der Waals surface area contributed by atoms with Crippen molar-refractivity contribution in [3.8, 4) is 11.5 Å². The van der Waals surface area contributed by atoms with Crippen LogP contribution in [-0.4, -0.2) is 34.8 Å². The Kier molecular flexibility index (Phi) is 5.79. The third kappa shape index (κ3) is 3.92. The van der Waals surface area contributed by atoms with E-state index >= 15 is 0 Å². The largest absolute Gasteiger partial charge is 0.491 e. The summed E-state index contributed by atoms with van der Waals surface area (Å²) in [7, 11) is 1.55. The van der Waals surface area contributed by atoms with Crippen LogP contribution in [0, 0.1) is 4.77 Å². The number of H-pyrrole nitrogens is 1. The van der Waals surface area contributed by atoms with Crippen LogP contribution in [0.3, 0.4) is 0 Å². The highest BCUT2D eigenvalue weighted by Gasteiger charge is 2.12. The van der Waals surface area contributed by atoms with Crippen LogP contribution in [0.2, 0.25) is 5.02 Å². The molecule has 0 bridgehead atoms. The molecule has 0 amide bonds. The first-order chi connectivity index (χ1) is 11.0. The molecule has 2 rings (SSSR count). The van der Waals surface area contributed by atoms with Gasteiger partial charge < -0.3 is 9.47 Å². The zero-order valence-electron chi connectivity index (χ0n) is 13.5. The minimum atomic E-state index is 0.193. The van der Waals surface area contributed by atoms with Crippen molar-refractivity contribution < 1.29 is 9.47 Å². The van der Waals surface area contributed by atoms with Crippen LogP contribution in [0.15, 0.2) is 17.2 Å². The summed E-state index contributed by atoms with van der Waals surface area (Å²) in [5.41, 5.74) is 0.775. The van der Waals surface area contributed by atoms with E-state index in [1.54, 1.807) is 24.1 Å². The maximum absolute atomic E-state index is 6.23. The quantitative estimate of drug-likeness (QED) is 0.629. The zero-order valence-corrected chi connectivity index (χ0v) is 15.0. The van der Waals surface area contributed by atoms with Crippen molar-refractivity contribution in [1.29, 1.82) is 0 Å². The van der Waals surface area contributed by atoms with Gasteiger partial charge in [-0.1, -0.05) is 25.4 Å². The summed E-state index contributed by atoms with van der Waals surface area (Å²) in [5.74, 6) is 2.03. The van der Waals surface area contributed by atoms with Gasteiger partial charge in [-0.3, -0.25) is 5.10 Å². The fourth-order valence-electron chi connectivity index (χ4n) is 2.04. The lowest BCUT2D eigenvalue weighted by Gasteiger charge is -2.11. The van der Waals surface area contributed by atoms with Crippen LogP contribution in [-0.2, 0) is 0 Å². The Balaban J connectivity index is 2.41. The molecule has 1 aromatic heterocycles. The first-order valence-electron chi connectivity index (χ1n) is 7.19. The minimum Gasteiger partial charge on any atom is -0.491 e. The van der Waals surface area contributed by atoms with Gasteiger partial charge >= 0.3 is 0 Å². The highest BCUT2D eigenvalue weighted by atomic mass is 35.5. The van der Waals surface area contributed by atoms with Gasteiger partial charge in [0, 0.05) is 5.92 Å². The number of rotatable bonds is 6. The molecule has 0 radical (unpaired) electrons. The molecule has 0 spiro atoms. The van der Waals surface area contributed by atoms with E-state index in [0.29, 0.717) is 27.9 Å². The Labute approximate surface area is 145 Å². The highest BCUT2D eigenvalue weighted by Crippen LogP contribution is 2.35. The number of halogens is 1. The van der Waals surface area contributed by atoms with Gasteiger partial charge in [0.1, 0.15) is 0 Å². The van der Waals surface area contributed by atoms with E-state index in [4.69, 9.17) is 33.3 Å². The monoisotopic (exact) mass is 354 g/mol. The Bertz CT molecular complexity index is 767. The number of nitrogens with one attached hydrogen (secondary N) is 1.